The Morgan fingerprint density at radius 2 is 1.62 bits per heavy atom. The van der Waals surface area contributed by atoms with Gasteiger partial charge in [0.25, 0.3) is 5.91 Å². The number of thioether (sulfide) groups is 1. The van der Waals surface area contributed by atoms with Crippen LogP contribution in [0.5, 0.6) is 0 Å². The van der Waals surface area contributed by atoms with Gasteiger partial charge in [-0.15, -0.1) is 11.3 Å². The van der Waals surface area contributed by atoms with Crippen LogP contribution in [-0.4, -0.2) is 27.1 Å². The van der Waals surface area contributed by atoms with Crippen LogP contribution in [0, 0.1) is 0 Å². The Bertz CT molecular complexity index is 1410. The smallest absolute Gasteiger partial charge is 0.335 e. The van der Waals surface area contributed by atoms with Gasteiger partial charge >= 0.3 is 5.97 Å². The molecule has 0 saturated carbocycles. The predicted molar refractivity (Wildman–Crippen MR) is 138 cm³/mol. The van der Waals surface area contributed by atoms with Gasteiger partial charge in [0.1, 0.15) is 0 Å². The number of aromatic nitrogens is 1. The van der Waals surface area contributed by atoms with Crippen LogP contribution < -0.4 is 4.90 Å². The van der Waals surface area contributed by atoms with E-state index in [1.54, 1.807) is 23.1 Å². The van der Waals surface area contributed by atoms with Crippen molar-refractivity contribution < 1.29 is 14.7 Å². The number of aromatic carboxylic acids is 1. The quantitative estimate of drug-likeness (QED) is 0.336. The van der Waals surface area contributed by atoms with Crippen LogP contribution in [0.2, 0.25) is 0 Å². The van der Waals surface area contributed by atoms with Crippen molar-refractivity contribution in [1.29, 1.82) is 0 Å². The van der Waals surface area contributed by atoms with E-state index >= 15 is 0 Å². The lowest BCUT2D eigenvalue weighted by Crippen LogP contribution is -2.28. The number of carbonyl (C=O) groups excluding carboxylic acids is 1. The molecule has 34 heavy (non-hydrogen) atoms. The number of carboxylic acid groups (broad SMARTS) is 1. The van der Waals surface area contributed by atoms with Crippen molar-refractivity contribution >= 4 is 57.0 Å². The van der Waals surface area contributed by atoms with Crippen LogP contribution in [0.1, 0.15) is 15.9 Å². The average molecular weight is 484 g/mol. The number of amidine groups is 1. The zero-order chi connectivity index (χ0) is 23.5. The molecule has 2 heterocycles. The Balaban J connectivity index is 1.50. The Morgan fingerprint density at radius 1 is 0.941 bits per heavy atom. The summed E-state index contributed by atoms with van der Waals surface area (Å²) in [6, 6.07) is 25.6. The molecule has 0 radical (unpaired) electrons. The minimum Gasteiger partial charge on any atom is -0.478 e. The predicted octanol–water partition coefficient (Wildman–Crippen LogP) is 6.32. The molecular formula is C26H17N3O3S2. The normalized spacial score (nSPS) is 15.9. The van der Waals surface area contributed by atoms with Crippen LogP contribution in [0.15, 0.2) is 100 Å². The summed E-state index contributed by atoms with van der Waals surface area (Å²) in [6.45, 7) is 0. The Labute approximate surface area is 203 Å². The molecule has 1 aliphatic heterocycles. The van der Waals surface area contributed by atoms with Gasteiger partial charge < -0.3 is 5.11 Å². The molecule has 166 valence electrons. The van der Waals surface area contributed by atoms with E-state index in [0.29, 0.717) is 20.9 Å². The van der Waals surface area contributed by atoms with Crippen molar-refractivity contribution in [1.82, 2.24) is 4.98 Å². The first-order valence-corrected chi connectivity index (χ1v) is 12.0. The van der Waals surface area contributed by atoms with Crippen molar-refractivity contribution in [3.63, 3.8) is 0 Å². The molecule has 1 aliphatic rings. The highest BCUT2D eigenvalue weighted by atomic mass is 32.2. The lowest BCUT2D eigenvalue weighted by molar-refractivity contribution is -0.113. The fourth-order valence-corrected chi connectivity index (χ4v) is 5.10. The molecule has 5 rings (SSSR count). The zero-order valence-electron chi connectivity index (χ0n) is 17.7. The molecule has 1 fully saturated rings. The second-order valence-electron chi connectivity index (χ2n) is 7.29. The van der Waals surface area contributed by atoms with Gasteiger partial charge in [-0.25, -0.2) is 9.78 Å². The SMILES string of the molecule is O=C(O)c1ccc(/C=C2\S/C(=N/c3nc(-c4ccccc4)cs3)N(c3ccccc3)C2=O)cc1. The van der Waals surface area contributed by atoms with Gasteiger partial charge in [0.05, 0.1) is 21.8 Å². The molecule has 8 heteroatoms. The first kappa shape index (κ1) is 21.8. The third-order valence-electron chi connectivity index (χ3n) is 5.03. The molecule has 3 aromatic carbocycles. The monoisotopic (exact) mass is 483 g/mol. The van der Waals surface area contributed by atoms with Crippen molar-refractivity contribution in [2.75, 3.05) is 4.90 Å². The molecule has 1 N–H and O–H groups in total. The van der Waals surface area contributed by atoms with E-state index < -0.39 is 5.97 Å². The van der Waals surface area contributed by atoms with E-state index in [0.717, 1.165) is 16.8 Å². The topological polar surface area (TPSA) is 82.9 Å². The summed E-state index contributed by atoms with van der Waals surface area (Å²) in [4.78, 5) is 35.9. The zero-order valence-corrected chi connectivity index (χ0v) is 19.3. The van der Waals surface area contributed by atoms with E-state index in [4.69, 9.17) is 10.1 Å². The molecule has 1 amide bonds. The van der Waals surface area contributed by atoms with Crippen molar-refractivity contribution in [2.24, 2.45) is 4.99 Å². The highest BCUT2D eigenvalue weighted by Crippen LogP contribution is 2.38. The molecule has 1 saturated heterocycles. The number of carbonyl (C=O) groups is 2. The highest BCUT2D eigenvalue weighted by Gasteiger charge is 2.35. The summed E-state index contributed by atoms with van der Waals surface area (Å²) in [6.07, 6.45) is 1.74. The van der Waals surface area contributed by atoms with Gasteiger partial charge in [-0.3, -0.25) is 9.69 Å². The standard InChI is InChI=1S/C26H17N3O3S2/c30-23-22(15-17-11-13-19(14-12-17)24(31)32)34-26(29(23)20-9-5-2-6-10-20)28-25-27-21(16-33-25)18-7-3-1-4-8-18/h1-16H,(H,31,32)/b22-15-,28-26+. The largest absolute Gasteiger partial charge is 0.478 e. The maximum atomic E-state index is 13.4. The fraction of sp³-hybridized carbons (Fsp3) is 0. The van der Waals surface area contributed by atoms with E-state index in [-0.39, 0.29) is 11.5 Å². The molecule has 0 unspecified atom stereocenters. The average Bonchev–Trinajstić information content (AvgIpc) is 3.45. The van der Waals surface area contributed by atoms with Gasteiger partial charge in [0.2, 0.25) is 5.13 Å². The molecule has 4 aromatic rings. The first-order chi connectivity index (χ1) is 16.6. The summed E-state index contributed by atoms with van der Waals surface area (Å²) in [5, 5.41) is 12.1. The maximum absolute atomic E-state index is 13.4. The molecule has 0 aliphatic carbocycles. The number of rotatable bonds is 5. The summed E-state index contributed by atoms with van der Waals surface area (Å²) >= 11 is 2.68. The van der Waals surface area contributed by atoms with Crippen LogP contribution in [0.25, 0.3) is 17.3 Å². The van der Waals surface area contributed by atoms with Gasteiger partial charge in [-0.1, -0.05) is 60.7 Å². The molecule has 0 spiro atoms. The number of carboxylic acids is 1. The minimum atomic E-state index is -0.992. The van der Waals surface area contributed by atoms with Crippen LogP contribution >= 0.6 is 23.1 Å². The number of amides is 1. The van der Waals surface area contributed by atoms with Crippen molar-refractivity contribution in [2.45, 2.75) is 0 Å². The number of para-hydroxylation sites is 1. The lowest BCUT2D eigenvalue weighted by atomic mass is 10.1. The van der Waals surface area contributed by atoms with E-state index in [1.807, 2.05) is 66.0 Å². The summed E-state index contributed by atoms with van der Waals surface area (Å²) < 4.78 is 0. The highest BCUT2D eigenvalue weighted by molar-refractivity contribution is 8.19. The van der Waals surface area contributed by atoms with Gasteiger partial charge in [-0.05, 0) is 47.7 Å². The summed E-state index contributed by atoms with van der Waals surface area (Å²) in [5.74, 6) is -1.19. The number of hydrogen-bond donors (Lipinski definition) is 1. The number of benzene rings is 3. The van der Waals surface area contributed by atoms with Gasteiger partial charge in [-0.2, -0.15) is 4.99 Å². The molecule has 1 aromatic heterocycles. The van der Waals surface area contributed by atoms with Gasteiger partial charge in [0.15, 0.2) is 5.17 Å². The minimum absolute atomic E-state index is 0.193. The van der Waals surface area contributed by atoms with E-state index in [2.05, 4.69) is 4.98 Å². The second kappa shape index (κ2) is 9.46. The Hall–Kier alpha value is -4.01. The number of nitrogens with zero attached hydrogens (tertiary/aromatic N) is 3. The van der Waals surface area contributed by atoms with Crippen LogP contribution in [0.4, 0.5) is 10.8 Å². The van der Waals surface area contributed by atoms with E-state index in [1.165, 1.54) is 35.2 Å². The molecule has 0 bridgehead atoms. The number of anilines is 1. The summed E-state index contributed by atoms with van der Waals surface area (Å²) in [5.41, 5.74) is 3.48. The fourth-order valence-electron chi connectivity index (χ4n) is 3.37. The van der Waals surface area contributed by atoms with Crippen LogP contribution in [-0.2, 0) is 4.79 Å². The maximum Gasteiger partial charge on any atom is 0.335 e. The third-order valence-corrected chi connectivity index (χ3v) is 6.73. The second-order valence-corrected chi connectivity index (χ2v) is 9.14. The number of hydrogen-bond acceptors (Lipinski definition) is 6. The first-order valence-electron chi connectivity index (χ1n) is 10.3. The van der Waals surface area contributed by atoms with Crippen LogP contribution in [0.3, 0.4) is 0 Å². The third kappa shape index (κ3) is 4.54. The van der Waals surface area contributed by atoms with E-state index in [9.17, 15) is 9.59 Å². The summed E-state index contributed by atoms with van der Waals surface area (Å²) in [7, 11) is 0. The van der Waals surface area contributed by atoms with Gasteiger partial charge in [0, 0.05) is 10.9 Å². The molecule has 0 atom stereocenters. The molecular weight excluding hydrogens is 466 g/mol. The Morgan fingerprint density at radius 3 is 2.29 bits per heavy atom. The number of thiazole rings is 1. The van der Waals surface area contributed by atoms with Crippen molar-refractivity contribution in [3.05, 3.63) is 106 Å². The lowest BCUT2D eigenvalue weighted by Gasteiger charge is -2.14. The van der Waals surface area contributed by atoms with Crippen molar-refractivity contribution in [3.8, 4) is 11.3 Å². The Kier molecular flexibility index (Phi) is 6.07. The number of aliphatic imine (C=N–C) groups is 1. The molecule has 6 nitrogen and oxygen atoms in total.